The molecule has 1 heterocycles. The van der Waals surface area contributed by atoms with Crippen molar-refractivity contribution in [1.82, 2.24) is 15.2 Å². The van der Waals surface area contributed by atoms with E-state index in [1.54, 1.807) is 0 Å². The Labute approximate surface area is 98.8 Å². The van der Waals surface area contributed by atoms with Crippen molar-refractivity contribution in [2.75, 3.05) is 5.32 Å². The van der Waals surface area contributed by atoms with Gasteiger partial charge in [0.25, 0.3) is 0 Å². The highest BCUT2D eigenvalue weighted by molar-refractivity contribution is 7.71. The topological polar surface area (TPSA) is 53.6 Å². The summed E-state index contributed by atoms with van der Waals surface area (Å²) >= 11 is 4.93. The lowest BCUT2D eigenvalue weighted by atomic mass is 10.2. The Bertz CT molecular complexity index is 562. The second-order valence-corrected chi connectivity index (χ2v) is 3.96. The summed E-state index contributed by atoms with van der Waals surface area (Å²) in [5, 5.41) is 9.89. The summed E-state index contributed by atoms with van der Waals surface area (Å²) < 4.78 is 0.376. The summed E-state index contributed by atoms with van der Waals surface area (Å²) in [6.45, 7) is 3.91. The van der Waals surface area contributed by atoms with Gasteiger partial charge in [-0.3, -0.25) is 5.10 Å². The fourth-order valence-corrected chi connectivity index (χ4v) is 1.51. The van der Waals surface area contributed by atoms with Crippen LogP contribution in [0, 0.1) is 18.6 Å². The van der Waals surface area contributed by atoms with Gasteiger partial charge in [0.15, 0.2) is 5.82 Å². The summed E-state index contributed by atoms with van der Waals surface area (Å²) in [4.78, 5) is 4.18. The molecule has 0 saturated carbocycles. The van der Waals surface area contributed by atoms with Crippen molar-refractivity contribution in [3.8, 4) is 0 Å². The van der Waals surface area contributed by atoms with Gasteiger partial charge in [-0.1, -0.05) is 12.1 Å². The molecule has 0 spiro atoms. The summed E-state index contributed by atoms with van der Waals surface area (Å²) in [5.41, 5.74) is 2.96. The van der Waals surface area contributed by atoms with Crippen LogP contribution < -0.4 is 5.32 Å². The van der Waals surface area contributed by atoms with Gasteiger partial charge in [0, 0.05) is 5.69 Å². The van der Waals surface area contributed by atoms with E-state index in [1.165, 1.54) is 5.56 Å². The predicted octanol–water partition coefficient (Wildman–Crippen LogP) is 2.89. The van der Waals surface area contributed by atoms with E-state index in [9.17, 15) is 0 Å². The second kappa shape index (κ2) is 4.40. The van der Waals surface area contributed by atoms with E-state index in [0.717, 1.165) is 11.4 Å². The minimum Gasteiger partial charge on any atom is -0.339 e. The summed E-state index contributed by atoms with van der Waals surface area (Å²) in [6, 6.07) is 8.06. The summed E-state index contributed by atoms with van der Waals surface area (Å²) in [7, 11) is 0. The number of aromatic amines is 1. The molecule has 82 valence electrons. The molecule has 0 unspecified atom stereocenters. The van der Waals surface area contributed by atoms with Gasteiger partial charge in [-0.05, 0) is 43.8 Å². The van der Waals surface area contributed by atoms with Crippen molar-refractivity contribution in [2.24, 2.45) is 0 Å². The molecule has 4 nitrogen and oxygen atoms in total. The third-order valence-electron chi connectivity index (χ3n) is 2.16. The van der Waals surface area contributed by atoms with Gasteiger partial charge in [-0.25, -0.2) is 0 Å². The van der Waals surface area contributed by atoms with E-state index < -0.39 is 0 Å². The molecular formula is C11H12N4S. The highest BCUT2D eigenvalue weighted by Crippen LogP contribution is 2.16. The van der Waals surface area contributed by atoms with Crippen molar-refractivity contribution in [2.45, 2.75) is 13.8 Å². The lowest BCUT2D eigenvalue weighted by Gasteiger charge is -2.07. The number of hydrogen-bond acceptors (Lipinski definition) is 4. The number of anilines is 2. The van der Waals surface area contributed by atoms with Crippen LogP contribution in [-0.2, 0) is 0 Å². The Morgan fingerprint density at radius 1 is 1.31 bits per heavy atom. The monoisotopic (exact) mass is 232 g/mol. The number of benzene rings is 1. The Kier molecular flexibility index (Phi) is 2.96. The van der Waals surface area contributed by atoms with Crippen molar-refractivity contribution < 1.29 is 0 Å². The molecule has 5 heteroatoms. The molecule has 1 aromatic carbocycles. The molecule has 1 aromatic heterocycles. The van der Waals surface area contributed by atoms with E-state index in [4.69, 9.17) is 12.2 Å². The minimum atomic E-state index is 0.376. The van der Waals surface area contributed by atoms with Crippen LogP contribution in [0.25, 0.3) is 0 Å². The van der Waals surface area contributed by atoms with Crippen molar-refractivity contribution in [3.05, 3.63) is 40.3 Å². The van der Waals surface area contributed by atoms with E-state index in [2.05, 4.69) is 20.5 Å². The number of nitrogens with one attached hydrogen (secondary N) is 2. The largest absolute Gasteiger partial charge is 0.339 e. The Morgan fingerprint density at radius 3 is 2.88 bits per heavy atom. The maximum atomic E-state index is 4.93. The zero-order valence-electron chi connectivity index (χ0n) is 9.11. The quantitative estimate of drug-likeness (QED) is 0.782. The average molecular weight is 232 g/mol. The third-order valence-corrected chi connectivity index (χ3v) is 2.34. The number of aromatic nitrogens is 3. The van der Waals surface area contributed by atoms with Crippen LogP contribution in [0.4, 0.5) is 11.5 Å². The maximum Gasteiger partial charge on any atom is 0.215 e. The van der Waals surface area contributed by atoms with Gasteiger partial charge < -0.3 is 5.32 Å². The molecule has 0 radical (unpaired) electrons. The first kappa shape index (κ1) is 10.8. The van der Waals surface area contributed by atoms with Gasteiger partial charge in [-0.15, -0.1) is 0 Å². The molecular weight excluding hydrogens is 220 g/mol. The lowest BCUT2D eigenvalue weighted by Crippen LogP contribution is -2.00. The number of H-pyrrole nitrogens is 1. The molecule has 2 aromatic rings. The van der Waals surface area contributed by atoms with Gasteiger partial charge in [0.1, 0.15) is 5.69 Å². The van der Waals surface area contributed by atoms with Crippen LogP contribution in [0.1, 0.15) is 11.3 Å². The molecule has 0 atom stereocenters. The number of nitrogens with zero attached hydrogens (tertiary/aromatic N) is 2. The SMILES string of the molecule is Cc1cccc(Nc2nc(=S)[nH]nc2C)c1. The number of aryl methyl sites for hydroxylation is 2. The Morgan fingerprint density at radius 2 is 2.12 bits per heavy atom. The summed E-state index contributed by atoms with van der Waals surface area (Å²) in [6.07, 6.45) is 0. The maximum absolute atomic E-state index is 4.93. The van der Waals surface area contributed by atoms with Gasteiger partial charge in [0.05, 0.1) is 0 Å². The highest BCUT2D eigenvalue weighted by atomic mass is 32.1. The van der Waals surface area contributed by atoms with Gasteiger partial charge in [0.2, 0.25) is 4.77 Å². The van der Waals surface area contributed by atoms with Crippen LogP contribution >= 0.6 is 12.2 Å². The minimum absolute atomic E-state index is 0.376. The number of hydrogen-bond donors (Lipinski definition) is 2. The van der Waals surface area contributed by atoms with E-state index in [1.807, 2.05) is 38.1 Å². The molecule has 0 saturated heterocycles. The molecule has 0 fully saturated rings. The van der Waals surface area contributed by atoms with Crippen LogP contribution in [0.15, 0.2) is 24.3 Å². The van der Waals surface area contributed by atoms with Crippen molar-refractivity contribution in [3.63, 3.8) is 0 Å². The fourth-order valence-electron chi connectivity index (χ4n) is 1.37. The fraction of sp³-hybridized carbons (Fsp3) is 0.182. The lowest BCUT2D eigenvalue weighted by molar-refractivity contribution is 0.914. The molecule has 16 heavy (non-hydrogen) atoms. The zero-order valence-corrected chi connectivity index (χ0v) is 9.93. The van der Waals surface area contributed by atoms with Crippen LogP contribution in [0.2, 0.25) is 0 Å². The van der Waals surface area contributed by atoms with Crippen LogP contribution in [-0.4, -0.2) is 15.2 Å². The molecule has 0 bridgehead atoms. The van der Waals surface area contributed by atoms with Crippen LogP contribution in [0.5, 0.6) is 0 Å². The first-order valence-electron chi connectivity index (χ1n) is 4.92. The predicted molar refractivity (Wildman–Crippen MR) is 66.4 cm³/mol. The number of rotatable bonds is 2. The third kappa shape index (κ3) is 2.43. The van der Waals surface area contributed by atoms with Gasteiger partial charge >= 0.3 is 0 Å². The van der Waals surface area contributed by atoms with E-state index in [0.29, 0.717) is 10.6 Å². The van der Waals surface area contributed by atoms with E-state index >= 15 is 0 Å². The first-order valence-corrected chi connectivity index (χ1v) is 5.33. The molecule has 2 rings (SSSR count). The molecule has 0 amide bonds. The summed E-state index contributed by atoms with van der Waals surface area (Å²) in [5.74, 6) is 0.689. The molecule has 0 aliphatic heterocycles. The normalized spacial score (nSPS) is 10.1. The van der Waals surface area contributed by atoms with Crippen molar-refractivity contribution in [1.29, 1.82) is 0 Å². The van der Waals surface area contributed by atoms with Crippen LogP contribution in [0.3, 0.4) is 0 Å². The zero-order chi connectivity index (χ0) is 11.5. The average Bonchev–Trinajstić information content (AvgIpc) is 2.24. The Hall–Kier alpha value is -1.75. The molecule has 2 N–H and O–H groups in total. The van der Waals surface area contributed by atoms with Gasteiger partial charge in [-0.2, -0.15) is 10.1 Å². The highest BCUT2D eigenvalue weighted by Gasteiger charge is 2.01. The van der Waals surface area contributed by atoms with Crippen molar-refractivity contribution >= 4 is 23.7 Å². The standard InChI is InChI=1S/C11H12N4S/c1-7-4-3-5-9(6-7)12-10-8(2)14-15-11(16)13-10/h3-6H,1-2H3,(H2,12,13,15,16). The van der Waals surface area contributed by atoms with E-state index in [-0.39, 0.29) is 0 Å². The Balaban J connectivity index is 2.33. The molecule has 0 aliphatic carbocycles. The second-order valence-electron chi connectivity index (χ2n) is 3.57. The smallest absolute Gasteiger partial charge is 0.215 e. The first-order chi connectivity index (χ1) is 7.65. The molecule has 0 aliphatic rings.